The minimum Gasteiger partial charge on any atom is -0.310 e. The van der Waals surface area contributed by atoms with Crippen molar-refractivity contribution >= 4 is 22.6 Å². The molecule has 3 aliphatic carbocycles. The lowest BCUT2D eigenvalue weighted by atomic mass is 9.67. The van der Waals surface area contributed by atoms with Gasteiger partial charge in [0.15, 0.2) is 0 Å². The summed E-state index contributed by atoms with van der Waals surface area (Å²) < 4.78 is 0. The molecule has 10 rings (SSSR count). The van der Waals surface area contributed by atoms with Gasteiger partial charge in [0.2, 0.25) is 0 Å². The molecule has 0 heterocycles. The van der Waals surface area contributed by atoms with Gasteiger partial charge in [0.1, 0.15) is 0 Å². The molecule has 0 bridgehead atoms. The summed E-state index contributed by atoms with van der Waals surface area (Å²) in [6.07, 6.45) is 5.87. The van der Waals surface area contributed by atoms with E-state index in [1.165, 1.54) is 72.5 Å². The Labute approximate surface area is 300 Å². The van der Waals surface area contributed by atoms with E-state index in [4.69, 9.17) is 0 Å². The van der Waals surface area contributed by atoms with Gasteiger partial charge in [-0.3, -0.25) is 0 Å². The van der Waals surface area contributed by atoms with Gasteiger partial charge in [-0.1, -0.05) is 165 Å². The van der Waals surface area contributed by atoms with Gasteiger partial charge < -0.3 is 4.90 Å². The second-order valence-corrected chi connectivity index (χ2v) is 14.1. The SMILES string of the molecule is CC1C=CC2=C(C1)C1(c3ccccc3-c3ccccc31)c1cccc(N(c3ccc(-c4ccccc4)cc3)c3cccc(-c4ccccc4)c3)c12. The fourth-order valence-corrected chi connectivity index (χ4v) is 9.10. The normalized spacial score (nSPS) is 16.1. The van der Waals surface area contributed by atoms with Crippen molar-refractivity contribution in [3.63, 3.8) is 0 Å². The summed E-state index contributed by atoms with van der Waals surface area (Å²) in [6, 6.07) is 64.8. The van der Waals surface area contributed by atoms with Crippen molar-refractivity contribution in [1.29, 1.82) is 0 Å². The Hall–Kier alpha value is -6.18. The largest absolute Gasteiger partial charge is 0.310 e. The first kappa shape index (κ1) is 29.7. The van der Waals surface area contributed by atoms with Gasteiger partial charge in [0, 0.05) is 16.9 Å². The second kappa shape index (κ2) is 11.7. The van der Waals surface area contributed by atoms with E-state index in [-0.39, 0.29) is 5.41 Å². The first-order chi connectivity index (χ1) is 25.2. The highest BCUT2D eigenvalue weighted by atomic mass is 15.1. The van der Waals surface area contributed by atoms with Crippen molar-refractivity contribution in [3.8, 4) is 33.4 Å². The smallest absolute Gasteiger partial charge is 0.0689 e. The predicted molar refractivity (Wildman–Crippen MR) is 214 cm³/mol. The lowest BCUT2D eigenvalue weighted by molar-refractivity contribution is 0.630. The highest BCUT2D eigenvalue weighted by Crippen LogP contribution is 2.65. The van der Waals surface area contributed by atoms with Gasteiger partial charge in [0.05, 0.1) is 11.1 Å². The Morgan fingerprint density at radius 2 is 1.04 bits per heavy atom. The first-order valence-corrected chi connectivity index (χ1v) is 18.1. The summed E-state index contributed by atoms with van der Waals surface area (Å²) in [5.41, 5.74) is 19.1. The predicted octanol–water partition coefficient (Wildman–Crippen LogP) is 13.2. The van der Waals surface area contributed by atoms with Gasteiger partial charge in [-0.2, -0.15) is 0 Å². The third-order valence-corrected chi connectivity index (χ3v) is 11.2. The minimum atomic E-state index is -0.332. The van der Waals surface area contributed by atoms with Crippen LogP contribution in [0.5, 0.6) is 0 Å². The number of fused-ring (bicyclic) bond motifs is 9. The Bertz CT molecular complexity index is 2460. The average molecular weight is 652 g/mol. The quantitative estimate of drug-likeness (QED) is 0.179. The zero-order valence-corrected chi connectivity index (χ0v) is 28.6. The van der Waals surface area contributed by atoms with Crippen molar-refractivity contribution in [1.82, 2.24) is 0 Å². The molecule has 7 aromatic carbocycles. The number of hydrogen-bond acceptors (Lipinski definition) is 1. The van der Waals surface area contributed by atoms with Crippen LogP contribution in [0.1, 0.15) is 35.6 Å². The van der Waals surface area contributed by atoms with Crippen LogP contribution in [-0.2, 0) is 5.41 Å². The summed E-state index contributed by atoms with van der Waals surface area (Å²) >= 11 is 0. The Morgan fingerprint density at radius 3 is 1.73 bits per heavy atom. The van der Waals surface area contributed by atoms with Gasteiger partial charge in [-0.25, -0.2) is 0 Å². The molecule has 242 valence electrons. The minimum absolute atomic E-state index is 0.332. The molecule has 1 atom stereocenters. The number of rotatable bonds is 5. The molecular formula is C50H37N. The molecule has 0 fully saturated rings. The molecule has 0 aliphatic heterocycles. The standard InChI is InChI=1S/C50H37N/c1-34-26-31-43-47(32-34)50(44-22-10-8-20-41(44)42-21-9-11-23-45(42)50)46-24-13-25-48(49(43)46)51(39-29-27-37(28-30-39)35-14-4-2-5-15-35)40-19-12-18-38(33-40)36-16-6-3-7-17-36/h2-31,33-34H,32H2,1H3. The van der Waals surface area contributed by atoms with Crippen LogP contribution < -0.4 is 4.90 Å². The van der Waals surface area contributed by atoms with Crippen molar-refractivity contribution in [3.05, 3.63) is 216 Å². The fraction of sp³-hybridized carbons (Fsp3) is 0.0800. The first-order valence-electron chi connectivity index (χ1n) is 18.1. The average Bonchev–Trinajstić information content (AvgIpc) is 3.66. The zero-order chi connectivity index (χ0) is 33.9. The second-order valence-electron chi connectivity index (χ2n) is 14.1. The van der Waals surface area contributed by atoms with Gasteiger partial charge >= 0.3 is 0 Å². The summed E-state index contributed by atoms with van der Waals surface area (Å²) in [6.45, 7) is 2.36. The number of benzene rings is 7. The molecule has 0 amide bonds. The van der Waals surface area contributed by atoms with E-state index in [1.807, 2.05) is 0 Å². The molecule has 0 radical (unpaired) electrons. The number of anilines is 3. The number of allylic oxidation sites excluding steroid dienone is 4. The highest BCUT2D eigenvalue weighted by Gasteiger charge is 2.53. The van der Waals surface area contributed by atoms with Crippen molar-refractivity contribution in [2.75, 3.05) is 4.90 Å². The zero-order valence-electron chi connectivity index (χ0n) is 28.6. The van der Waals surface area contributed by atoms with E-state index in [9.17, 15) is 0 Å². The summed E-state index contributed by atoms with van der Waals surface area (Å²) in [5.74, 6) is 0.461. The maximum absolute atomic E-state index is 2.49. The molecule has 0 saturated heterocycles. The number of nitrogens with zero attached hydrogens (tertiary/aromatic N) is 1. The third kappa shape index (κ3) is 4.48. The van der Waals surface area contributed by atoms with E-state index >= 15 is 0 Å². The fourth-order valence-electron chi connectivity index (χ4n) is 9.10. The Balaban J connectivity index is 1.24. The van der Waals surface area contributed by atoms with E-state index in [1.54, 1.807) is 0 Å². The number of hydrogen-bond donors (Lipinski definition) is 0. The monoisotopic (exact) mass is 651 g/mol. The maximum Gasteiger partial charge on any atom is 0.0689 e. The molecule has 1 heteroatoms. The van der Waals surface area contributed by atoms with Crippen LogP contribution in [0.25, 0.3) is 39.0 Å². The van der Waals surface area contributed by atoms with Crippen LogP contribution in [0.4, 0.5) is 17.1 Å². The van der Waals surface area contributed by atoms with Crippen molar-refractivity contribution < 1.29 is 0 Å². The Morgan fingerprint density at radius 1 is 0.490 bits per heavy atom. The third-order valence-electron chi connectivity index (χ3n) is 11.2. The molecule has 1 spiro atoms. The molecule has 1 nitrogen and oxygen atoms in total. The molecule has 0 N–H and O–H groups in total. The van der Waals surface area contributed by atoms with E-state index < -0.39 is 0 Å². The molecule has 3 aliphatic rings. The van der Waals surface area contributed by atoms with Crippen LogP contribution in [0.2, 0.25) is 0 Å². The molecule has 0 aromatic heterocycles. The van der Waals surface area contributed by atoms with Crippen LogP contribution in [0, 0.1) is 5.92 Å². The molecule has 51 heavy (non-hydrogen) atoms. The molecular weight excluding hydrogens is 615 g/mol. The van der Waals surface area contributed by atoms with Crippen molar-refractivity contribution in [2.24, 2.45) is 5.92 Å². The Kier molecular flexibility index (Phi) is 6.82. The van der Waals surface area contributed by atoms with Gasteiger partial charge in [0.25, 0.3) is 0 Å². The topological polar surface area (TPSA) is 3.24 Å². The van der Waals surface area contributed by atoms with Crippen LogP contribution in [0.15, 0.2) is 194 Å². The molecule has 1 unspecified atom stereocenters. The van der Waals surface area contributed by atoms with Crippen LogP contribution in [-0.4, -0.2) is 0 Å². The lowest BCUT2D eigenvalue weighted by Gasteiger charge is -2.34. The highest BCUT2D eigenvalue weighted by molar-refractivity contribution is 6.02. The molecule has 7 aromatic rings. The lowest BCUT2D eigenvalue weighted by Crippen LogP contribution is -2.28. The van der Waals surface area contributed by atoms with Gasteiger partial charge in [-0.05, 0) is 104 Å². The summed E-state index contributed by atoms with van der Waals surface area (Å²) in [7, 11) is 0. The van der Waals surface area contributed by atoms with E-state index in [2.05, 4.69) is 200 Å². The molecule has 0 saturated carbocycles. The van der Waals surface area contributed by atoms with Crippen molar-refractivity contribution in [2.45, 2.75) is 18.8 Å². The maximum atomic E-state index is 2.49. The van der Waals surface area contributed by atoms with E-state index in [0.717, 1.165) is 17.8 Å². The summed E-state index contributed by atoms with van der Waals surface area (Å²) in [5, 5.41) is 0. The van der Waals surface area contributed by atoms with Crippen LogP contribution >= 0.6 is 0 Å². The summed E-state index contributed by atoms with van der Waals surface area (Å²) in [4.78, 5) is 2.49. The van der Waals surface area contributed by atoms with Gasteiger partial charge in [-0.15, -0.1) is 0 Å². The van der Waals surface area contributed by atoms with E-state index in [0.29, 0.717) is 5.92 Å². The van der Waals surface area contributed by atoms with Crippen LogP contribution in [0.3, 0.4) is 0 Å².